The van der Waals surface area contributed by atoms with E-state index in [0.717, 1.165) is 19.6 Å². The predicted octanol–water partition coefficient (Wildman–Crippen LogP) is 3.98. The fraction of sp³-hybridized carbons (Fsp3) is 0.667. The Morgan fingerprint density at radius 1 is 1.20 bits per heavy atom. The Hall–Kier alpha value is -1.02. The van der Waals surface area contributed by atoms with E-state index < -0.39 is 0 Å². The highest BCUT2D eigenvalue weighted by Gasteiger charge is 2.22. The lowest BCUT2D eigenvalue weighted by Gasteiger charge is -2.37. The zero-order valence-corrected chi connectivity index (χ0v) is 13.6. The minimum atomic E-state index is 0.658. The summed E-state index contributed by atoms with van der Waals surface area (Å²) >= 11 is 0. The Bertz CT molecular complexity index is 421. The highest BCUT2D eigenvalue weighted by atomic mass is 15.2. The quantitative estimate of drug-likeness (QED) is 0.844. The van der Waals surface area contributed by atoms with Crippen LogP contribution >= 0.6 is 0 Å². The van der Waals surface area contributed by atoms with E-state index in [1.807, 2.05) is 0 Å². The van der Waals surface area contributed by atoms with Crippen molar-refractivity contribution in [3.05, 3.63) is 29.3 Å². The second-order valence-corrected chi connectivity index (χ2v) is 6.36. The van der Waals surface area contributed by atoms with Gasteiger partial charge in [-0.1, -0.05) is 39.8 Å². The summed E-state index contributed by atoms with van der Waals surface area (Å²) in [7, 11) is 0. The van der Waals surface area contributed by atoms with E-state index in [1.165, 1.54) is 30.5 Å². The van der Waals surface area contributed by atoms with Crippen LogP contribution in [0.4, 0.5) is 5.69 Å². The molecule has 0 saturated carbocycles. The summed E-state index contributed by atoms with van der Waals surface area (Å²) in [5, 5.41) is 3.54. The number of rotatable bonds is 6. The van der Waals surface area contributed by atoms with Gasteiger partial charge in [-0.3, -0.25) is 0 Å². The number of fused-ring (bicyclic) bond motifs is 1. The first-order valence-corrected chi connectivity index (χ1v) is 8.25. The number of hydrogen-bond donors (Lipinski definition) is 1. The van der Waals surface area contributed by atoms with Gasteiger partial charge in [0, 0.05) is 24.8 Å². The van der Waals surface area contributed by atoms with Crippen LogP contribution in [0.1, 0.15) is 51.7 Å². The molecule has 20 heavy (non-hydrogen) atoms. The molecule has 0 radical (unpaired) electrons. The van der Waals surface area contributed by atoms with Crippen molar-refractivity contribution in [2.45, 2.75) is 59.5 Å². The molecule has 0 aromatic heterocycles. The summed E-state index contributed by atoms with van der Waals surface area (Å²) < 4.78 is 0. The summed E-state index contributed by atoms with van der Waals surface area (Å²) in [5.74, 6) is 0.697. The Morgan fingerprint density at radius 2 is 1.95 bits per heavy atom. The molecular formula is C18H30N2. The molecule has 0 saturated heterocycles. The molecule has 1 heterocycles. The van der Waals surface area contributed by atoms with Crippen LogP contribution in [-0.4, -0.2) is 19.1 Å². The Morgan fingerprint density at radius 3 is 2.60 bits per heavy atom. The van der Waals surface area contributed by atoms with Gasteiger partial charge in [0.15, 0.2) is 0 Å². The van der Waals surface area contributed by atoms with Gasteiger partial charge in [-0.05, 0) is 48.9 Å². The molecule has 0 aliphatic carbocycles. The van der Waals surface area contributed by atoms with Crippen molar-refractivity contribution in [3.8, 4) is 0 Å². The molecule has 1 N–H and O–H groups in total. The fourth-order valence-electron chi connectivity index (χ4n) is 3.33. The lowest BCUT2D eigenvalue weighted by molar-refractivity contribution is 0.504. The van der Waals surface area contributed by atoms with Gasteiger partial charge in [0.1, 0.15) is 0 Å². The maximum Gasteiger partial charge on any atom is 0.0417 e. The van der Waals surface area contributed by atoms with Gasteiger partial charge in [-0.15, -0.1) is 0 Å². The summed E-state index contributed by atoms with van der Waals surface area (Å²) in [5.41, 5.74) is 4.55. The lowest BCUT2D eigenvalue weighted by atomic mass is 9.96. The average molecular weight is 274 g/mol. The number of anilines is 1. The minimum Gasteiger partial charge on any atom is -0.368 e. The van der Waals surface area contributed by atoms with Crippen LogP contribution in [0.5, 0.6) is 0 Å². The van der Waals surface area contributed by atoms with Crippen LogP contribution in [0.3, 0.4) is 0 Å². The second-order valence-electron chi connectivity index (χ2n) is 6.36. The molecule has 2 heteroatoms. The molecule has 0 fully saturated rings. The zero-order chi connectivity index (χ0) is 14.5. The first-order valence-electron chi connectivity index (χ1n) is 8.25. The standard InChI is InChI=1S/C18H30N2/c1-5-16(6-2)20(13-14(3)4)18-9-7-8-15-10-11-19-12-17(15)18/h7-9,14,16,19H,5-6,10-13H2,1-4H3. The first kappa shape index (κ1) is 15.4. The number of benzene rings is 1. The van der Waals surface area contributed by atoms with E-state index in [9.17, 15) is 0 Å². The maximum atomic E-state index is 3.54. The van der Waals surface area contributed by atoms with E-state index in [0.29, 0.717) is 12.0 Å². The summed E-state index contributed by atoms with van der Waals surface area (Å²) in [6.45, 7) is 12.6. The van der Waals surface area contributed by atoms with Gasteiger partial charge >= 0.3 is 0 Å². The largest absolute Gasteiger partial charge is 0.368 e. The molecule has 112 valence electrons. The molecule has 1 aromatic carbocycles. The average Bonchev–Trinajstić information content (AvgIpc) is 2.46. The van der Waals surface area contributed by atoms with Gasteiger partial charge in [0.25, 0.3) is 0 Å². The van der Waals surface area contributed by atoms with E-state index in [4.69, 9.17) is 0 Å². The van der Waals surface area contributed by atoms with Gasteiger partial charge in [0.2, 0.25) is 0 Å². The van der Waals surface area contributed by atoms with Crippen LogP contribution in [0.25, 0.3) is 0 Å². The molecular weight excluding hydrogens is 244 g/mol. The maximum absolute atomic E-state index is 3.54. The van der Waals surface area contributed by atoms with Crippen LogP contribution < -0.4 is 10.2 Å². The Kier molecular flexibility index (Phi) is 5.47. The van der Waals surface area contributed by atoms with Crippen molar-refractivity contribution in [1.29, 1.82) is 0 Å². The third kappa shape index (κ3) is 3.35. The highest BCUT2D eigenvalue weighted by Crippen LogP contribution is 2.30. The van der Waals surface area contributed by atoms with Gasteiger partial charge in [0.05, 0.1) is 0 Å². The topological polar surface area (TPSA) is 15.3 Å². The van der Waals surface area contributed by atoms with Gasteiger partial charge in [-0.25, -0.2) is 0 Å². The first-order chi connectivity index (χ1) is 9.67. The fourth-order valence-corrected chi connectivity index (χ4v) is 3.33. The van der Waals surface area contributed by atoms with Crippen LogP contribution in [0.2, 0.25) is 0 Å². The zero-order valence-electron chi connectivity index (χ0n) is 13.6. The normalized spacial score (nSPS) is 14.7. The predicted molar refractivity (Wildman–Crippen MR) is 88.4 cm³/mol. The minimum absolute atomic E-state index is 0.658. The smallest absolute Gasteiger partial charge is 0.0417 e. The molecule has 0 bridgehead atoms. The molecule has 1 aliphatic heterocycles. The SMILES string of the molecule is CCC(CC)N(CC(C)C)c1cccc2c1CNCC2. The molecule has 0 atom stereocenters. The molecule has 1 aromatic rings. The van der Waals surface area contributed by atoms with Crippen molar-refractivity contribution < 1.29 is 0 Å². The van der Waals surface area contributed by atoms with Crippen LogP contribution in [0.15, 0.2) is 18.2 Å². The molecule has 0 spiro atoms. The number of nitrogens with one attached hydrogen (secondary N) is 1. The van der Waals surface area contributed by atoms with Gasteiger partial charge in [-0.2, -0.15) is 0 Å². The number of nitrogens with zero attached hydrogens (tertiary/aromatic N) is 1. The van der Waals surface area contributed by atoms with E-state index in [1.54, 1.807) is 5.56 Å². The van der Waals surface area contributed by atoms with Gasteiger partial charge < -0.3 is 10.2 Å². The number of hydrogen-bond acceptors (Lipinski definition) is 2. The van der Waals surface area contributed by atoms with E-state index >= 15 is 0 Å². The second kappa shape index (κ2) is 7.12. The molecule has 1 aliphatic rings. The van der Waals surface area contributed by atoms with Crippen LogP contribution in [-0.2, 0) is 13.0 Å². The van der Waals surface area contributed by atoms with E-state index in [-0.39, 0.29) is 0 Å². The molecule has 2 rings (SSSR count). The van der Waals surface area contributed by atoms with Crippen molar-refractivity contribution in [3.63, 3.8) is 0 Å². The lowest BCUT2D eigenvalue weighted by Crippen LogP contribution is -2.39. The monoisotopic (exact) mass is 274 g/mol. The third-order valence-corrected chi connectivity index (χ3v) is 4.38. The van der Waals surface area contributed by atoms with Crippen molar-refractivity contribution in [2.24, 2.45) is 5.92 Å². The third-order valence-electron chi connectivity index (χ3n) is 4.38. The molecule has 2 nitrogen and oxygen atoms in total. The van der Waals surface area contributed by atoms with Crippen molar-refractivity contribution in [1.82, 2.24) is 5.32 Å². The summed E-state index contributed by atoms with van der Waals surface area (Å²) in [6.07, 6.45) is 3.61. The summed E-state index contributed by atoms with van der Waals surface area (Å²) in [4.78, 5) is 2.66. The molecule has 0 amide bonds. The Labute approximate surface area is 124 Å². The van der Waals surface area contributed by atoms with Crippen LogP contribution in [0, 0.1) is 5.92 Å². The van der Waals surface area contributed by atoms with Crippen molar-refractivity contribution >= 4 is 5.69 Å². The highest BCUT2D eigenvalue weighted by molar-refractivity contribution is 5.58. The molecule has 0 unspecified atom stereocenters. The van der Waals surface area contributed by atoms with E-state index in [2.05, 4.69) is 56.1 Å². The van der Waals surface area contributed by atoms with Crippen molar-refractivity contribution in [2.75, 3.05) is 18.0 Å². The Balaban J connectivity index is 2.37. The summed E-state index contributed by atoms with van der Waals surface area (Å²) in [6, 6.07) is 7.54.